The van der Waals surface area contributed by atoms with Crippen LogP contribution in [0.2, 0.25) is 0 Å². The van der Waals surface area contributed by atoms with E-state index in [1.807, 2.05) is 23.0 Å². The Bertz CT molecular complexity index is 838. The number of fused-ring (bicyclic) bond motifs is 1. The average Bonchev–Trinajstić information content (AvgIpc) is 3.31. The van der Waals surface area contributed by atoms with Gasteiger partial charge < -0.3 is 9.47 Å². The molecule has 0 atom stereocenters. The second-order valence-corrected chi connectivity index (χ2v) is 6.66. The molecule has 118 valence electrons. The summed E-state index contributed by atoms with van der Waals surface area (Å²) in [6.45, 7) is 0.720. The molecule has 1 aromatic heterocycles. The molecule has 4 nitrogen and oxygen atoms in total. The van der Waals surface area contributed by atoms with Crippen LogP contribution in [0.3, 0.4) is 0 Å². The molecule has 23 heavy (non-hydrogen) atoms. The highest BCUT2D eigenvalue weighted by Crippen LogP contribution is 2.35. The van der Waals surface area contributed by atoms with Crippen LogP contribution in [0, 0.1) is 0 Å². The fraction of sp³-hybridized carbons (Fsp3) is 0.278. The monoisotopic (exact) mass is 372 g/mol. The minimum absolute atomic E-state index is 0.377. The zero-order valence-corrected chi connectivity index (χ0v) is 14.4. The van der Waals surface area contributed by atoms with E-state index in [1.54, 1.807) is 7.11 Å². The highest BCUT2D eigenvalue weighted by molar-refractivity contribution is 9.10. The summed E-state index contributed by atoms with van der Waals surface area (Å²) in [6.07, 6.45) is 4.57. The number of methoxy groups -OCH3 is 1. The molecule has 4 rings (SSSR count). The van der Waals surface area contributed by atoms with E-state index in [2.05, 4.69) is 45.3 Å². The largest absolute Gasteiger partial charge is 0.497 e. The first-order valence-corrected chi connectivity index (χ1v) is 8.47. The van der Waals surface area contributed by atoms with E-state index in [0.717, 1.165) is 46.3 Å². The molecule has 0 radical (unpaired) electrons. The number of hydrogen-bond acceptors (Lipinski definition) is 3. The predicted molar refractivity (Wildman–Crippen MR) is 93.2 cm³/mol. The fourth-order valence-corrected chi connectivity index (χ4v) is 3.02. The number of ether oxygens (including phenoxy) is 2. The van der Waals surface area contributed by atoms with Crippen molar-refractivity contribution in [2.75, 3.05) is 7.11 Å². The Kier molecular flexibility index (Phi) is 3.73. The first-order chi connectivity index (χ1) is 11.2. The molecule has 5 heteroatoms. The summed E-state index contributed by atoms with van der Waals surface area (Å²) in [5.41, 5.74) is 2.27. The minimum atomic E-state index is 0.377. The molecule has 1 aliphatic rings. The van der Waals surface area contributed by atoms with Gasteiger partial charge in [-0.2, -0.15) is 5.10 Å². The van der Waals surface area contributed by atoms with Gasteiger partial charge in [-0.15, -0.1) is 0 Å². The maximum atomic E-state index is 5.96. The lowest BCUT2D eigenvalue weighted by molar-refractivity contribution is 0.301. The van der Waals surface area contributed by atoms with Crippen LogP contribution in [0.4, 0.5) is 0 Å². The van der Waals surface area contributed by atoms with Crippen molar-refractivity contribution < 1.29 is 9.47 Å². The SMILES string of the molecule is COc1ccc(Cn2ncc3cc(Br)c(OC4CC4)cc32)cc1. The smallest absolute Gasteiger partial charge is 0.136 e. The molecule has 0 spiro atoms. The fourth-order valence-electron chi connectivity index (χ4n) is 2.56. The Morgan fingerprint density at radius 3 is 2.70 bits per heavy atom. The van der Waals surface area contributed by atoms with Gasteiger partial charge >= 0.3 is 0 Å². The molecule has 3 aromatic rings. The maximum Gasteiger partial charge on any atom is 0.136 e. The number of nitrogens with zero attached hydrogens (tertiary/aromatic N) is 2. The van der Waals surface area contributed by atoms with Gasteiger partial charge in [-0.3, -0.25) is 4.68 Å². The third kappa shape index (κ3) is 3.06. The van der Waals surface area contributed by atoms with E-state index in [4.69, 9.17) is 9.47 Å². The maximum absolute atomic E-state index is 5.96. The van der Waals surface area contributed by atoms with Gasteiger partial charge in [0.1, 0.15) is 11.5 Å². The molecule has 2 aromatic carbocycles. The first-order valence-electron chi connectivity index (χ1n) is 7.67. The van der Waals surface area contributed by atoms with Crippen molar-refractivity contribution in [3.63, 3.8) is 0 Å². The predicted octanol–water partition coefficient (Wildman–Crippen LogP) is 4.40. The van der Waals surface area contributed by atoms with Crippen molar-refractivity contribution in [3.8, 4) is 11.5 Å². The summed E-state index contributed by atoms with van der Waals surface area (Å²) in [5, 5.41) is 5.62. The molecule has 0 saturated heterocycles. The molecule has 0 unspecified atom stereocenters. The molecule has 1 heterocycles. The Hall–Kier alpha value is -2.01. The van der Waals surface area contributed by atoms with Crippen molar-refractivity contribution in [1.82, 2.24) is 9.78 Å². The summed E-state index contributed by atoms with van der Waals surface area (Å²) in [4.78, 5) is 0. The average molecular weight is 373 g/mol. The highest BCUT2D eigenvalue weighted by Gasteiger charge is 2.24. The van der Waals surface area contributed by atoms with Crippen LogP contribution in [-0.4, -0.2) is 23.0 Å². The quantitative estimate of drug-likeness (QED) is 0.665. The van der Waals surface area contributed by atoms with E-state index in [0.29, 0.717) is 6.10 Å². The second-order valence-electron chi connectivity index (χ2n) is 5.81. The van der Waals surface area contributed by atoms with Crippen LogP contribution >= 0.6 is 15.9 Å². The second kappa shape index (κ2) is 5.89. The Balaban J connectivity index is 1.65. The summed E-state index contributed by atoms with van der Waals surface area (Å²) in [5.74, 6) is 1.76. The summed E-state index contributed by atoms with van der Waals surface area (Å²) in [7, 11) is 1.68. The molecular weight excluding hydrogens is 356 g/mol. The molecule has 0 bridgehead atoms. The number of benzene rings is 2. The van der Waals surface area contributed by atoms with Crippen molar-refractivity contribution in [2.45, 2.75) is 25.5 Å². The summed E-state index contributed by atoms with van der Waals surface area (Å²) in [6, 6.07) is 12.2. The molecule has 1 fully saturated rings. The van der Waals surface area contributed by atoms with Crippen LogP contribution in [0.5, 0.6) is 11.5 Å². The van der Waals surface area contributed by atoms with Crippen LogP contribution in [0.25, 0.3) is 10.9 Å². The lowest BCUT2D eigenvalue weighted by atomic mass is 10.2. The molecule has 0 aliphatic heterocycles. The van der Waals surface area contributed by atoms with Gasteiger partial charge in [0.2, 0.25) is 0 Å². The third-order valence-corrected chi connectivity index (χ3v) is 4.62. The van der Waals surface area contributed by atoms with Crippen molar-refractivity contribution in [2.24, 2.45) is 0 Å². The Morgan fingerprint density at radius 2 is 2.00 bits per heavy atom. The molecule has 1 aliphatic carbocycles. The normalized spacial score (nSPS) is 14.2. The van der Waals surface area contributed by atoms with Gasteiger partial charge in [-0.05, 0) is 52.5 Å². The van der Waals surface area contributed by atoms with Crippen LogP contribution in [-0.2, 0) is 6.54 Å². The lowest BCUT2D eigenvalue weighted by Gasteiger charge is -2.09. The van der Waals surface area contributed by atoms with E-state index in [-0.39, 0.29) is 0 Å². The van der Waals surface area contributed by atoms with Crippen LogP contribution in [0.1, 0.15) is 18.4 Å². The molecular formula is C18H17BrN2O2. The molecule has 0 amide bonds. The number of halogens is 1. The topological polar surface area (TPSA) is 36.3 Å². The van der Waals surface area contributed by atoms with Crippen molar-refractivity contribution in [1.29, 1.82) is 0 Å². The zero-order valence-electron chi connectivity index (χ0n) is 12.8. The van der Waals surface area contributed by atoms with Crippen molar-refractivity contribution >= 4 is 26.8 Å². The molecule has 1 saturated carbocycles. The summed E-state index contributed by atoms with van der Waals surface area (Å²) < 4.78 is 14.2. The van der Waals surface area contributed by atoms with E-state index < -0.39 is 0 Å². The Morgan fingerprint density at radius 1 is 1.22 bits per heavy atom. The minimum Gasteiger partial charge on any atom is -0.497 e. The lowest BCUT2D eigenvalue weighted by Crippen LogP contribution is -2.02. The van der Waals surface area contributed by atoms with Crippen LogP contribution in [0.15, 0.2) is 47.1 Å². The van der Waals surface area contributed by atoms with Gasteiger partial charge in [0, 0.05) is 11.5 Å². The van der Waals surface area contributed by atoms with E-state index >= 15 is 0 Å². The van der Waals surface area contributed by atoms with Crippen LogP contribution < -0.4 is 9.47 Å². The number of hydrogen-bond donors (Lipinski definition) is 0. The first kappa shape index (κ1) is 14.6. The van der Waals surface area contributed by atoms with Gasteiger partial charge in [-0.25, -0.2) is 0 Å². The van der Waals surface area contributed by atoms with Gasteiger partial charge in [0.15, 0.2) is 0 Å². The van der Waals surface area contributed by atoms with Gasteiger partial charge in [-0.1, -0.05) is 12.1 Å². The Labute approximate surface area is 143 Å². The van der Waals surface area contributed by atoms with Gasteiger partial charge in [0.25, 0.3) is 0 Å². The number of aromatic nitrogens is 2. The summed E-state index contributed by atoms with van der Waals surface area (Å²) >= 11 is 3.59. The van der Waals surface area contributed by atoms with E-state index in [9.17, 15) is 0 Å². The zero-order chi connectivity index (χ0) is 15.8. The third-order valence-electron chi connectivity index (χ3n) is 4.00. The van der Waals surface area contributed by atoms with E-state index in [1.165, 1.54) is 5.56 Å². The van der Waals surface area contributed by atoms with Gasteiger partial charge in [0.05, 0.1) is 35.9 Å². The standard InChI is InChI=1S/C18H17BrN2O2/c1-22-14-4-2-12(3-5-14)11-21-17-9-18(23-15-6-7-15)16(19)8-13(17)10-20-21/h2-5,8-10,15H,6-7,11H2,1H3. The molecule has 0 N–H and O–H groups in total. The van der Waals surface area contributed by atoms with Crippen molar-refractivity contribution in [3.05, 3.63) is 52.6 Å². The highest BCUT2D eigenvalue weighted by atomic mass is 79.9. The number of rotatable bonds is 5.